The van der Waals surface area contributed by atoms with Crippen LogP contribution in [-0.4, -0.2) is 0 Å². The first-order chi connectivity index (χ1) is 8.19. The van der Waals surface area contributed by atoms with Gasteiger partial charge in [-0.3, -0.25) is 0 Å². The minimum Gasteiger partial charge on any atom is -0.321 e. The van der Waals surface area contributed by atoms with Crippen molar-refractivity contribution >= 4 is 22.4 Å². The largest absolute Gasteiger partial charge is 0.321 e. The van der Waals surface area contributed by atoms with Crippen molar-refractivity contribution in [1.29, 1.82) is 0 Å². The van der Waals surface area contributed by atoms with Crippen LogP contribution in [0.15, 0.2) is 36.4 Å². The van der Waals surface area contributed by atoms with Crippen LogP contribution in [-0.2, 0) is 5.54 Å². The van der Waals surface area contributed by atoms with E-state index in [1.54, 1.807) is 0 Å². The van der Waals surface area contributed by atoms with Gasteiger partial charge in [-0.2, -0.15) is 0 Å². The van der Waals surface area contributed by atoms with Gasteiger partial charge in [0.05, 0.1) is 0 Å². The van der Waals surface area contributed by atoms with Crippen molar-refractivity contribution in [3.05, 3.63) is 47.0 Å². The van der Waals surface area contributed by atoms with Gasteiger partial charge in [0, 0.05) is 10.6 Å². The molecule has 0 unspecified atom stereocenters. The maximum Gasteiger partial charge on any atom is 0.0415 e. The Bertz CT molecular complexity index is 556. The van der Waals surface area contributed by atoms with Gasteiger partial charge in [-0.15, -0.1) is 0 Å². The van der Waals surface area contributed by atoms with Crippen molar-refractivity contribution in [2.45, 2.75) is 31.2 Å². The smallest absolute Gasteiger partial charge is 0.0415 e. The molecule has 0 saturated heterocycles. The first-order valence-electron chi connectivity index (χ1n) is 6.17. The third kappa shape index (κ3) is 1.84. The standard InChI is InChI=1S/C15H16ClN/c16-12-7-6-11-4-3-5-14(13(11)10-12)15(17)8-1-2-9-15/h3-7,10H,1-2,8-9,17H2. The normalized spacial score (nSPS) is 18.7. The monoisotopic (exact) mass is 245 g/mol. The number of hydrogen-bond donors (Lipinski definition) is 1. The van der Waals surface area contributed by atoms with Gasteiger partial charge in [0.1, 0.15) is 0 Å². The third-order valence-electron chi connectivity index (χ3n) is 3.88. The Morgan fingerprint density at radius 2 is 1.82 bits per heavy atom. The molecule has 1 nitrogen and oxygen atoms in total. The van der Waals surface area contributed by atoms with E-state index in [4.69, 9.17) is 17.3 Å². The molecule has 1 saturated carbocycles. The van der Waals surface area contributed by atoms with Crippen molar-refractivity contribution in [1.82, 2.24) is 0 Å². The van der Waals surface area contributed by atoms with E-state index in [0.29, 0.717) is 0 Å². The van der Waals surface area contributed by atoms with Crippen molar-refractivity contribution in [2.24, 2.45) is 5.73 Å². The number of hydrogen-bond acceptors (Lipinski definition) is 1. The highest BCUT2D eigenvalue weighted by molar-refractivity contribution is 6.31. The minimum atomic E-state index is -0.149. The fourth-order valence-corrected chi connectivity index (χ4v) is 3.13. The van der Waals surface area contributed by atoms with Gasteiger partial charge >= 0.3 is 0 Å². The highest BCUT2D eigenvalue weighted by Crippen LogP contribution is 2.39. The molecule has 1 fully saturated rings. The van der Waals surface area contributed by atoms with Crippen LogP contribution in [0.3, 0.4) is 0 Å². The Kier molecular flexibility index (Phi) is 2.61. The van der Waals surface area contributed by atoms with E-state index in [1.807, 2.05) is 12.1 Å². The third-order valence-corrected chi connectivity index (χ3v) is 4.11. The predicted molar refractivity (Wildman–Crippen MR) is 73.3 cm³/mol. The maximum absolute atomic E-state index is 6.55. The molecule has 0 aliphatic heterocycles. The summed E-state index contributed by atoms with van der Waals surface area (Å²) >= 11 is 6.10. The van der Waals surface area contributed by atoms with E-state index in [2.05, 4.69) is 24.3 Å². The summed E-state index contributed by atoms with van der Waals surface area (Å²) in [6, 6.07) is 12.4. The van der Waals surface area contributed by atoms with Gasteiger partial charge in [-0.25, -0.2) is 0 Å². The summed E-state index contributed by atoms with van der Waals surface area (Å²) in [5.41, 5.74) is 7.66. The molecule has 0 bridgehead atoms. The molecule has 2 N–H and O–H groups in total. The molecule has 0 aromatic heterocycles. The van der Waals surface area contributed by atoms with Crippen LogP contribution < -0.4 is 5.73 Å². The Morgan fingerprint density at radius 3 is 2.59 bits per heavy atom. The molecule has 0 amide bonds. The fourth-order valence-electron chi connectivity index (χ4n) is 2.95. The lowest BCUT2D eigenvalue weighted by Crippen LogP contribution is -2.33. The average molecular weight is 246 g/mol. The summed E-state index contributed by atoms with van der Waals surface area (Å²) < 4.78 is 0. The van der Waals surface area contributed by atoms with Crippen LogP contribution in [0, 0.1) is 0 Å². The molecule has 2 aromatic carbocycles. The molecule has 2 heteroatoms. The van der Waals surface area contributed by atoms with E-state index >= 15 is 0 Å². The first-order valence-corrected chi connectivity index (χ1v) is 6.54. The lowest BCUT2D eigenvalue weighted by molar-refractivity contribution is 0.466. The van der Waals surface area contributed by atoms with E-state index in [1.165, 1.54) is 29.2 Å². The summed E-state index contributed by atoms with van der Waals surface area (Å²) in [5.74, 6) is 0. The molecular formula is C15H16ClN. The summed E-state index contributed by atoms with van der Waals surface area (Å²) in [7, 11) is 0. The van der Waals surface area contributed by atoms with Gasteiger partial charge in [0.25, 0.3) is 0 Å². The summed E-state index contributed by atoms with van der Waals surface area (Å²) in [6.07, 6.45) is 4.62. The molecule has 0 heterocycles. The second kappa shape index (κ2) is 4.01. The average Bonchev–Trinajstić information content (AvgIpc) is 2.76. The van der Waals surface area contributed by atoms with Crippen LogP contribution in [0.5, 0.6) is 0 Å². The lowest BCUT2D eigenvalue weighted by atomic mass is 9.86. The molecule has 88 valence electrons. The summed E-state index contributed by atoms with van der Waals surface area (Å²) in [6.45, 7) is 0. The second-order valence-corrected chi connectivity index (χ2v) is 5.47. The van der Waals surface area contributed by atoms with Gasteiger partial charge in [0.2, 0.25) is 0 Å². The molecule has 0 radical (unpaired) electrons. The van der Waals surface area contributed by atoms with E-state index in [-0.39, 0.29) is 5.54 Å². The Morgan fingerprint density at radius 1 is 1.06 bits per heavy atom. The highest BCUT2D eigenvalue weighted by Gasteiger charge is 2.32. The van der Waals surface area contributed by atoms with E-state index in [0.717, 1.165) is 17.9 Å². The number of fused-ring (bicyclic) bond motifs is 1. The molecular weight excluding hydrogens is 230 g/mol. The Balaban J connectivity index is 2.25. The quantitative estimate of drug-likeness (QED) is 0.800. The molecule has 1 aliphatic rings. The molecule has 3 rings (SSSR count). The van der Waals surface area contributed by atoms with Gasteiger partial charge in [-0.05, 0) is 41.3 Å². The fraction of sp³-hybridized carbons (Fsp3) is 0.333. The van der Waals surface area contributed by atoms with Crippen LogP contribution in [0.2, 0.25) is 5.02 Å². The lowest BCUT2D eigenvalue weighted by Gasteiger charge is -2.26. The Labute approximate surface area is 107 Å². The molecule has 1 aliphatic carbocycles. The maximum atomic E-state index is 6.55. The summed E-state index contributed by atoms with van der Waals surface area (Å²) in [4.78, 5) is 0. The molecule has 17 heavy (non-hydrogen) atoms. The number of benzene rings is 2. The predicted octanol–water partition coefficient (Wildman–Crippen LogP) is 4.22. The van der Waals surface area contributed by atoms with Crippen LogP contribution in [0.4, 0.5) is 0 Å². The zero-order valence-electron chi connectivity index (χ0n) is 9.75. The van der Waals surface area contributed by atoms with Crippen molar-refractivity contribution in [2.75, 3.05) is 0 Å². The number of nitrogens with two attached hydrogens (primary N) is 1. The Hall–Kier alpha value is -1.05. The molecule has 0 atom stereocenters. The van der Waals surface area contributed by atoms with Crippen molar-refractivity contribution in [3.63, 3.8) is 0 Å². The van der Waals surface area contributed by atoms with Gasteiger partial charge < -0.3 is 5.73 Å². The van der Waals surface area contributed by atoms with E-state index < -0.39 is 0 Å². The van der Waals surface area contributed by atoms with Crippen LogP contribution in [0.25, 0.3) is 10.8 Å². The van der Waals surface area contributed by atoms with Gasteiger partial charge in [-0.1, -0.05) is 48.7 Å². The second-order valence-electron chi connectivity index (χ2n) is 5.03. The zero-order chi connectivity index (χ0) is 11.9. The van der Waals surface area contributed by atoms with Crippen molar-refractivity contribution in [3.8, 4) is 0 Å². The van der Waals surface area contributed by atoms with Crippen molar-refractivity contribution < 1.29 is 0 Å². The molecule has 2 aromatic rings. The summed E-state index contributed by atoms with van der Waals surface area (Å²) in [5, 5.41) is 3.22. The zero-order valence-corrected chi connectivity index (χ0v) is 10.5. The van der Waals surface area contributed by atoms with Gasteiger partial charge in [0.15, 0.2) is 0 Å². The first kappa shape index (κ1) is 11.1. The minimum absolute atomic E-state index is 0.149. The van der Waals surface area contributed by atoms with E-state index in [9.17, 15) is 0 Å². The highest BCUT2D eigenvalue weighted by atomic mass is 35.5. The topological polar surface area (TPSA) is 26.0 Å². The van der Waals surface area contributed by atoms with Crippen LogP contribution >= 0.6 is 11.6 Å². The molecule has 0 spiro atoms. The van der Waals surface area contributed by atoms with Crippen LogP contribution in [0.1, 0.15) is 31.2 Å². The number of halogens is 1. The number of rotatable bonds is 1. The SMILES string of the molecule is NC1(c2cccc3ccc(Cl)cc23)CCCC1.